The second-order valence-electron chi connectivity index (χ2n) is 3.55. The van der Waals surface area contributed by atoms with Gasteiger partial charge in [0, 0.05) is 23.3 Å². The maximum absolute atomic E-state index is 5.87. The Morgan fingerprint density at radius 3 is 2.12 bits per heavy atom. The van der Waals surface area contributed by atoms with E-state index in [0.29, 0.717) is 0 Å². The summed E-state index contributed by atoms with van der Waals surface area (Å²) in [7, 11) is 0. The van der Waals surface area contributed by atoms with E-state index in [1.165, 1.54) is 11.1 Å². The number of pyridine rings is 1. The lowest BCUT2D eigenvalue weighted by Gasteiger charge is -2.13. The van der Waals surface area contributed by atoms with Crippen molar-refractivity contribution < 1.29 is 0 Å². The van der Waals surface area contributed by atoms with Crippen LogP contribution in [0.4, 0.5) is 0 Å². The Labute approximate surface area is 100 Å². The van der Waals surface area contributed by atoms with Crippen molar-refractivity contribution in [1.29, 1.82) is 0 Å². The molecule has 0 spiro atoms. The van der Waals surface area contributed by atoms with Gasteiger partial charge in [0.1, 0.15) is 0 Å². The standard InChI is InChI=1S/C14H12ClN/c1-2-14(12-7-9-16-10-8-12)11-3-5-13(15)6-4-11/h2-10,14H,1H2. The molecule has 2 heteroatoms. The highest BCUT2D eigenvalue weighted by Crippen LogP contribution is 2.26. The monoisotopic (exact) mass is 229 g/mol. The molecule has 16 heavy (non-hydrogen) atoms. The zero-order valence-corrected chi connectivity index (χ0v) is 9.56. The fraction of sp³-hybridized carbons (Fsp3) is 0.0714. The molecule has 0 aliphatic carbocycles. The number of nitrogens with zero attached hydrogens (tertiary/aromatic N) is 1. The van der Waals surface area contributed by atoms with Gasteiger partial charge in [0.25, 0.3) is 0 Å². The Morgan fingerprint density at radius 2 is 1.56 bits per heavy atom. The van der Waals surface area contributed by atoms with Crippen molar-refractivity contribution in [3.63, 3.8) is 0 Å². The molecule has 1 nitrogen and oxygen atoms in total. The van der Waals surface area contributed by atoms with Gasteiger partial charge in [0.15, 0.2) is 0 Å². The van der Waals surface area contributed by atoms with E-state index < -0.39 is 0 Å². The largest absolute Gasteiger partial charge is 0.265 e. The highest BCUT2D eigenvalue weighted by Gasteiger charge is 2.09. The van der Waals surface area contributed by atoms with Gasteiger partial charge < -0.3 is 0 Å². The summed E-state index contributed by atoms with van der Waals surface area (Å²) in [6, 6.07) is 11.8. The smallest absolute Gasteiger partial charge is 0.0406 e. The fourth-order valence-electron chi connectivity index (χ4n) is 1.71. The van der Waals surface area contributed by atoms with E-state index in [9.17, 15) is 0 Å². The lowest BCUT2D eigenvalue weighted by Crippen LogP contribution is -1.97. The summed E-state index contributed by atoms with van der Waals surface area (Å²) in [5.74, 6) is 0.195. The minimum atomic E-state index is 0.195. The first-order valence-corrected chi connectivity index (χ1v) is 5.47. The molecule has 1 heterocycles. The second-order valence-corrected chi connectivity index (χ2v) is 3.98. The second kappa shape index (κ2) is 4.95. The maximum Gasteiger partial charge on any atom is 0.0406 e. The van der Waals surface area contributed by atoms with Crippen molar-refractivity contribution in [3.8, 4) is 0 Å². The van der Waals surface area contributed by atoms with Gasteiger partial charge in [-0.1, -0.05) is 29.8 Å². The Hall–Kier alpha value is -1.60. The number of aromatic nitrogens is 1. The van der Waals surface area contributed by atoms with Crippen LogP contribution < -0.4 is 0 Å². The fourth-order valence-corrected chi connectivity index (χ4v) is 1.83. The third-order valence-electron chi connectivity index (χ3n) is 2.53. The molecule has 0 saturated heterocycles. The number of halogens is 1. The van der Waals surface area contributed by atoms with Gasteiger partial charge in [-0.15, -0.1) is 6.58 Å². The van der Waals surface area contributed by atoms with Crippen LogP contribution in [0.1, 0.15) is 17.0 Å². The van der Waals surface area contributed by atoms with E-state index in [1.807, 2.05) is 42.5 Å². The zero-order chi connectivity index (χ0) is 11.4. The van der Waals surface area contributed by atoms with Crippen LogP contribution in [-0.2, 0) is 0 Å². The number of hydrogen-bond acceptors (Lipinski definition) is 1. The zero-order valence-electron chi connectivity index (χ0n) is 8.81. The first-order chi connectivity index (χ1) is 7.81. The molecule has 0 fully saturated rings. The van der Waals surface area contributed by atoms with Crippen LogP contribution in [0.15, 0.2) is 61.4 Å². The normalized spacial score (nSPS) is 12.1. The van der Waals surface area contributed by atoms with Gasteiger partial charge in [-0.3, -0.25) is 4.98 Å². The maximum atomic E-state index is 5.87. The Morgan fingerprint density at radius 1 is 1.00 bits per heavy atom. The summed E-state index contributed by atoms with van der Waals surface area (Å²) >= 11 is 5.87. The van der Waals surface area contributed by atoms with Crippen molar-refractivity contribution in [2.24, 2.45) is 0 Å². The van der Waals surface area contributed by atoms with Crippen molar-refractivity contribution in [2.75, 3.05) is 0 Å². The van der Waals surface area contributed by atoms with Gasteiger partial charge in [-0.05, 0) is 35.4 Å². The molecule has 0 aliphatic heterocycles. The van der Waals surface area contributed by atoms with Gasteiger partial charge in [-0.25, -0.2) is 0 Å². The molecule has 1 atom stereocenters. The Balaban J connectivity index is 2.37. The molecule has 2 aromatic rings. The van der Waals surface area contributed by atoms with Crippen LogP contribution in [-0.4, -0.2) is 4.98 Å². The number of rotatable bonds is 3. The topological polar surface area (TPSA) is 12.9 Å². The predicted octanol–water partition coefficient (Wildman–Crippen LogP) is 4.05. The van der Waals surface area contributed by atoms with Gasteiger partial charge in [0.2, 0.25) is 0 Å². The number of allylic oxidation sites excluding steroid dienone is 1. The molecule has 1 aromatic heterocycles. The van der Waals surface area contributed by atoms with Crippen LogP contribution in [0.25, 0.3) is 0 Å². The van der Waals surface area contributed by atoms with E-state index in [0.717, 1.165) is 5.02 Å². The van der Waals surface area contributed by atoms with Crippen molar-refractivity contribution in [3.05, 3.63) is 77.6 Å². The SMILES string of the molecule is C=CC(c1ccncc1)c1ccc(Cl)cc1. The summed E-state index contributed by atoms with van der Waals surface area (Å²) in [5.41, 5.74) is 2.37. The summed E-state index contributed by atoms with van der Waals surface area (Å²) in [5, 5.41) is 0.751. The quantitative estimate of drug-likeness (QED) is 0.724. The highest BCUT2D eigenvalue weighted by atomic mass is 35.5. The number of benzene rings is 1. The minimum absolute atomic E-state index is 0.195. The molecule has 80 valence electrons. The number of hydrogen-bond donors (Lipinski definition) is 0. The predicted molar refractivity (Wildman–Crippen MR) is 67.7 cm³/mol. The molecule has 0 N–H and O–H groups in total. The average molecular weight is 230 g/mol. The lowest BCUT2D eigenvalue weighted by molar-refractivity contribution is 1.02. The van der Waals surface area contributed by atoms with E-state index in [-0.39, 0.29) is 5.92 Å². The summed E-state index contributed by atoms with van der Waals surface area (Å²) in [4.78, 5) is 4.01. The molecule has 0 aliphatic rings. The van der Waals surface area contributed by atoms with Gasteiger partial charge in [0.05, 0.1) is 0 Å². The highest BCUT2D eigenvalue weighted by molar-refractivity contribution is 6.30. The van der Waals surface area contributed by atoms with Gasteiger partial charge in [-0.2, -0.15) is 0 Å². The molecule has 0 radical (unpaired) electrons. The first-order valence-electron chi connectivity index (χ1n) is 5.09. The van der Waals surface area contributed by atoms with E-state index in [2.05, 4.69) is 11.6 Å². The van der Waals surface area contributed by atoms with Crippen molar-refractivity contribution in [1.82, 2.24) is 4.98 Å². The van der Waals surface area contributed by atoms with E-state index >= 15 is 0 Å². The van der Waals surface area contributed by atoms with E-state index in [1.54, 1.807) is 12.4 Å². The third-order valence-corrected chi connectivity index (χ3v) is 2.78. The molecule has 0 bridgehead atoms. The van der Waals surface area contributed by atoms with Crippen LogP contribution in [0.3, 0.4) is 0 Å². The first kappa shape index (κ1) is 10.9. The summed E-state index contributed by atoms with van der Waals surface area (Å²) in [6.45, 7) is 3.88. The average Bonchev–Trinajstić information content (AvgIpc) is 2.34. The molecular weight excluding hydrogens is 218 g/mol. The summed E-state index contributed by atoms with van der Waals surface area (Å²) in [6.07, 6.45) is 5.52. The van der Waals surface area contributed by atoms with Crippen molar-refractivity contribution >= 4 is 11.6 Å². The molecular formula is C14H12ClN. The third kappa shape index (κ3) is 2.31. The Bertz CT molecular complexity index is 462. The summed E-state index contributed by atoms with van der Waals surface area (Å²) < 4.78 is 0. The molecule has 2 rings (SSSR count). The van der Waals surface area contributed by atoms with Crippen LogP contribution in [0.2, 0.25) is 5.02 Å². The molecule has 1 aromatic carbocycles. The van der Waals surface area contributed by atoms with Crippen molar-refractivity contribution in [2.45, 2.75) is 5.92 Å². The Kier molecular flexibility index (Phi) is 3.37. The minimum Gasteiger partial charge on any atom is -0.265 e. The van der Waals surface area contributed by atoms with Crippen LogP contribution in [0.5, 0.6) is 0 Å². The van der Waals surface area contributed by atoms with Crippen LogP contribution in [0, 0.1) is 0 Å². The molecule has 0 saturated carbocycles. The lowest BCUT2D eigenvalue weighted by atomic mass is 9.92. The molecule has 0 amide bonds. The van der Waals surface area contributed by atoms with Crippen LogP contribution >= 0.6 is 11.6 Å². The van der Waals surface area contributed by atoms with Gasteiger partial charge >= 0.3 is 0 Å². The van der Waals surface area contributed by atoms with E-state index in [4.69, 9.17) is 11.6 Å². The molecule has 1 unspecified atom stereocenters.